The Hall–Kier alpha value is -0.650. The summed E-state index contributed by atoms with van der Waals surface area (Å²) in [6.45, 7) is 8.32. The summed E-state index contributed by atoms with van der Waals surface area (Å²) in [6.07, 6.45) is 2.44. The van der Waals surface area contributed by atoms with Gasteiger partial charge in [0.2, 0.25) is 5.91 Å². The summed E-state index contributed by atoms with van der Waals surface area (Å²) in [4.78, 5) is 12.6. The number of carbonyl (C=O) groups excluding carboxylic acids is 1. The number of piperidine rings is 1. The fraction of sp³-hybridized carbons (Fsp3) is 0.933. The summed E-state index contributed by atoms with van der Waals surface area (Å²) in [5, 5.41) is 6.44. The van der Waals surface area contributed by atoms with Crippen LogP contribution in [0.3, 0.4) is 0 Å². The summed E-state index contributed by atoms with van der Waals surface area (Å²) in [7, 11) is 3.36. The molecule has 1 aliphatic heterocycles. The van der Waals surface area contributed by atoms with Crippen LogP contribution in [-0.4, -0.2) is 51.5 Å². The van der Waals surface area contributed by atoms with E-state index >= 15 is 0 Å². The van der Waals surface area contributed by atoms with Crippen LogP contribution < -0.4 is 10.6 Å². The predicted molar refractivity (Wildman–Crippen MR) is 79.7 cm³/mol. The Morgan fingerprint density at radius 2 is 1.95 bits per heavy atom. The third-order valence-corrected chi connectivity index (χ3v) is 4.19. The number of amides is 1. The highest BCUT2D eigenvalue weighted by atomic mass is 16.5. The Morgan fingerprint density at radius 3 is 2.45 bits per heavy atom. The van der Waals surface area contributed by atoms with Gasteiger partial charge in [-0.05, 0) is 53.1 Å². The molecule has 1 saturated heterocycles. The lowest BCUT2D eigenvalue weighted by molar-refractivity contribution is -0.137. The predicted octanol–water partition coefficient (Wildman–Crippen LogP) is 1.32. The lowest BCUT2D eigenvalue weighted by Crippen LogP contribution is -2.52. The molecule has 1 rings (SSSR count). The van der Waals surface area contributed by atoms with Crippen LogP contribution in [0.15, 0.2) is 0 Å². The largest absolute Gasteiger partial charge is 0.384 e. The third-order valence-electron chi connectivity index (χ3n) is 4.19. The maximum absolute atomic E-state index is 12.6. The monoisotopic (exact) mass is 286 g/mol. The van der Waals surface area contributed by atoms with Crippen molar-refractivity contribution in [1.29, 1.82) is 0 Å². The number of carbonyl (C=O) groups is 1. The van der Waals surface area contributed by atoms with Crippen LogP contribution in [0, 0.1) is 5.41 Å². The molecule has 5 heteroatoms. The first-order valence-corrected chi connectivity index (χ1v) is 7.41. The van der Waals surface area contributed by atoms with Gasteiger partial charge in [-0.2, -0.15) is 0 Å². The summed E-state index contributed by atoms with van der Waals surface area (Å²) >= 11 is 0. The van der Waals surface area contributed by atoms with Crippen LogP contribution in [0.4, 0.5) is 0 Å². The SMILES string of the molecule is COCC1(C(=O)NC(C)CC(C)(C)OC)CCNCC1. The van der Waals surface area contributed by atoms with Crippen molar-refractivity contribution in [2.75, 3.05) is 33.9 Å². The van der Waals surface area contributed by atoms with Crippen molar-refractivity contribution in [3.63, 3.8) is 0 Å². The van der Waals surface area contributed by atoms with Crippen LogP contribution in [0.5, 0.6) is 0 Å². The van der Waals surface area contributed by atoms with E-state index in [4.69, 9.17) is 9.47 Å². The number of hydrogen-bond acceptors (Lipinski definition) is 4. The Bertz CT molecular complexity index is 307. The molecule has 0 radical (unpaired) electrons. The van der Waals surface area contributed by atoms with Crippen molar-refractivity contribution in [3.05, 3.63) is 0 Å². The van der Waals surface area contributed by atoms with E-state index < -0.39 is 0 Å². The minimum absolute atomic E-state index is 0.0843. The minimum atomic E-state index is -0.383. The van der Waals surface area contributed by atoms with E-state index in [9.17, 15) is 4.79 Å². The molecule has 1 unspecified atom stereocenters. The summed E-state index contributed by atoms with van der Waals surface area (Å²) in [5.41, 5.74) is -0.610. The molecule has 2 N–H and O–H groups in total. The van der Waals surface area contributed by atoms with Gasteiger partial charge in [0, 0.05) is 20.3 Å². The van der Waals surface area contributed by atoms with Gasteiger partial charge in [0.25, 0.3) is 0 Å². The van der Waals surface area contributed by atoms with E-state index in [1.54, 1.807) is 14.2 Å². The molecule has 20 heavy (non-hydrogen) atoms. The van der Waals surface area contributed by atoms with Crippen LogP contribution >= 0.6 is 0 Å². The maximum atomic E-state index is 12.6. The summed E-state index contributed by atoms with van der Waals surface area (Å²) in [5.74, 6) is 0.111. The van der Waals surface area contributed by atoms with Crippen molar-refractivity contribution in [2.24, 2.45) is 5.41 Å². The van der Waals surface area contributed by atoms with Gasteiger partial charge in [-0.1, -0.05) is 0 Å². The molecule has 118 valence electrons. The van der Waals surface area contributed by atoms with Crippen LogP contribution in [-0.2, 0) is 14.3 Å². The van der Waals surface area contributed by atoms with Crippen molar-refractivity contribution in [3.8, 4) is 0 Å². The highest BCUT2D eigenvalue weighted by Crippen LogP contribution is 2.30. The topological polar surface area (TPSA) is 59.6 Å². The fourth-order valence-electron chi connectivity index (χ4n) is 2.87. The average Bonchev–Trinajstić information content (AvgIpc) is 2.39. The van der Waals surface area contributed by atoms with E-state index in [2.05, 4.69) is 10.6 Å². The second-order valence-electron chi connectivity index (χ2n) is 6.51. The van der Waals surface area contributed by atoms with Crippen molar-refractivity contribution < 1.29 is 14.3 Å². The number of hydrogen-bond donors (Lipinski definition) is 2. The Balaban J connectivity index is 2.62. The van der Waals surface area contributed by atoms with Crippen molar-refractivity contribution in [1.82, 2.24) is 10.6 Å². The molecule has 0 bridgehead atoms. The fourth-order valence-corrected chi connectivity index (χ4v) is 2.87. The average molecular weight is 286 g/mol. The quantitative estimate of drug-likeness (QED) is 0.741. The zero-order chi connectivity index (χ0) is 15.2. The van der Waals surface area contributed by atoms with Crippen LogP contribution in [0.1, 0.15) is 40.0 Å². The third kappa shape index (κ3) is 4.72. The molecule has 0 aromatic carbocycles. The van der Waals surface area contributed by atoms with Gasteiger partial charge in [0.15, 0.2) is 0 Å². The zero-order valence-electron chi connectivity index (χ0n) is 13.5. The molecule has 1 aliphatic rings. The highest BCUT2D eigenvalue weighted by molar-refractivity contribution is 5.83. The van der Waals surface area contributed by atoms with Gasteiger partial charge in [-0.15, -0.1) is 0 Å². The van der Waals surface area contributed by atoms with E-state index in [0.717, 1.165) is 32.4 Å². The standard InChI is InChI=1S/C15H30N2O3/c1-12(10-14(2,3)20-5)17-13(18)15(11-19-4)6-8-16-9-7-15/h12,16H,6-11H2,1-5H3,(H,17,18). The molecule has 0 spiro atoms. The number of nitrogens with one attached hydrogen (secondary N) is 2. The zero-order valence-corrected chi connectivity index (χ0v) is 13.5. The van der Waals surface area contributed by atoms with Crippen LogP contribution in [0.2, 0.25) is 0 Å². The first kappa shape index (κ1) is 17.4. The van der Waals surface area contributed by atoms with Gasteiger partial charge in [-0.3, -0.25) is 4.79 Å². The first-order chi connectivity index (χ1) is 9.35. The Labute approximate surface area is 122 Å². The summed E-state index contributed by atoms with van der Waals surface area (Å²) < 4.78 is 10.7. The van der Waals surface area contributed by atoms with E-state index in [1.165, 1.54) is 0 Å². The van der Waals surface area contributed by atoms with Gasteiger partial charge in [-0.25, -0.2) is 0 Å². The number of rotatable bonds is 7. The van der Waals surface area contributed by atoms with Crippen LogP contribution in [0.25, 0.3) is 0 Å². The Morgan fingerprint density at radius 1 is 1.35 bits per heavy atom. The van der Waals surface area contributed by atoms with Crippen molar-refractivity contribution >= 4 is 5.91 Å². The van der Waals surface area contributed by atoms with E-state index in [-0.39, 0.29) is 23.0 Å². The molecule has 0 saturated carbocycles. The lowest BCUT2D eigenvalue weighted by Gasteiger charge is -2.37. The molecule has 0 aromatic heterocycles. The normalized spacial score (nSPS) is 20.4. The highest BCUT2D eigenvalue weighted by Gasteiger charge is 2.40. The molecule has 0 aliphatic carbocycles. The lowest BCUT2D eigenvalue weighted by atomic mass is 9.78. The van der Waals surface area contributed by atoms with E-state index in [0.29, 0.717) is 6.61 Å². The second-order valence-corrected chi connectivity index (χ2v) is 6.51. The van der Waals surface area contributed by atoms with E-state index in [1.807, 2.05) is 20.8 Å². The smallest absolute Gasteiger partial charge is 0.228 e. The summed E-state index contributed by atoms with van der Waals surface area (Å²) in [6, 6.07) is 0.0843. The molecular formula is C15H30N2O3. The Kier molecular flexibility index (Phi) is 6.43. The molecule has 1 heterocycles. The maximum Gasteiger partial charge on any atom is 0.228 e. The molecular weight excluding hydrogens is 256 g/mol. The first-order valence-electron chi connectivity index (χ1n) is 7.41. The molecule has 5 nitrogen and oxygen atoms in total. The number of methoxy groups -OCH3 is 2. The minimum Gasteiger partial charge on any atom is -0.384 e. The number of ether oxygens (including phenoxy) is 2. The molecule has 1 fully saturated rings. The molecule has 1 amide bonds. The van der Waals surface area contributed by atoms with Gasteiger partial charge >= 0.3 is 0 Å². The van der Waals surface area contributed by atoms with Gasteiger partial charge in [0.05, 0.1) is 17.6 Å². The second kappa shape index (κ2) is 7.38. The van der Waals surface area contributed by atoms with Crippen molar-refractivity contribution in [2.45, 2.75) is 51.7 Å². The molecule has 0 aromatic rings. The van der Waals surface area contributed by atoms with Gasteiger partial charge < -0.3 is 20.1 Å². The van der Waals surface area contributed by atoms with Gasteiger partial charge in [0.1, 0.15) is 0 Å². The molecule has 1 atom stereocenters.